The van der Waals surface area contributed by atoms with Crippen molar-refractivity contribution in [3.05, 3.63) is 30.5 Å². The molecule has 1 aromatic heterocycles. The maximum Gasteiger partial charge on any atom is 0.307 e. The smallest absolute Gasteiger partial charge is 0.307 e. The van der Waals surface area contributed by atoms with Crippen molar-refractivity contribution in [1.29, 1.82) is 0 Å². The molecule has 0 amide bonds. The summed E-state index contributed by atoms with van der Waals surface area (Å²) in [5, 5.41) is 4.13. The number of aromatic nitrogens is 1. The number of carbonyl (C=O) groups is 1. The molecule has 3 N–H and O–H groups in total. The molecule has 0 unspecified atom stereocenters. The van der Waals surface area contributed by atoms with Gasteiger partial charge in [-0.3, -0.25) is 9.78 Å². The Hall–Kier alpha value is -2.30. The van der Waals surface area contributed by atoms with E-state index in [1.54, 1.807) is 13.1 Å². The number of nitrogens with two attached hydrogens (primary N) is 1. The molecule has 0 saturated heterocycles. The first-order valence-electron chi connectivity index (χ1n) is 6.25. The molecular weight excluding hydrogens is 242 g/mol. The second kappa shape index (κ2) is 6.04. The summed E-state index contributed by atoms with van der Waals surface area (Å²) in [6.45, 7) is 2.68. The summed E-state index contributed by atoms with van der Waals surface area (Å²) in [5.41, 5.74) is 8.18. The van der Waals surface area contributed by atoms with Crippen LogP contribution in [0.1, 0.15) is 13.3 Å². The number of benzene rings is 1. The number of nitrogen functional groups attached to an aromatic ring is 1. The van der Waals surface area contributed by atoms with Crippen LogP contribution in [0, 0.1) is 0 Å². The highest BCUT2D eigenvalue weighted by Crippen LogP contribution is 2.27. The van der Waals surface area contributed by atoms with E-state index in [2.05, 4.69) is 10.3 Å². The molecule has 0 bridgehead atoms. The minimum absolute atomic E-state index is 0.216. The lowest BCUT2D eigenvalue weighted by Gasteiger charge is -2.11. The number of hydrogen-bond acceptors (Lipinski definition) is 5. The topological polar surface area (TPSA) is 77.2 Å². The van der Waals surface area contributed by atoms with Gasteiger partial charge in [-0.2, -0.15) is 0 Å². The predicted molar refractivity (Wildman–Crippen MR) is 75.9 cm³/mol. The lowest BCUT2D eigenvalue weighted by atomic mass is 10.1. The molecule has 0 aliphatic rings. The highest BCUT2D eigenvalue weighted by atomic mass is 16.5. The van der Waals surface area contributed by atoms with Gasteiger partial charge in [0.1, 0.15) is 0 Å². The molecule has 1 aromatic carbocycles. The Bertz CT molecular complexity index is 584. The molecule has 0 atom stereocenters. The Morgan fingerprint density at radius 2 is 2.21 bits per heavy atom. The normalized spacial score (nSPS) is 10.4. The minimum Gasteiger partial charge on any atom is -0.466 e. The van der Waals surface area contributed by atoms with Crippen molar-refractivity contribution in [2.24, 2.45) is 0 Å². The fourth-order valence-electron chi connectivity index (χ4n) is 1.88. The lowest BCUT2D eigenvalue weighted by Crippen LogP contribution is -2.12. The van der Waals surface area contributed by atoms with Crippen LogP contribution >= 0.6 is 0 Å². The van der Waals surface area contributed by atoms with Gasteiger partial charge in [-0.1, -0.05) is 18.2 Å². The maximum absolute atomic E-state index is 11.3. The van der Waals surface area contributed by atoms with Crippen molar-refractivity contribution in [2.75, 3.05) is 24.2 Å². The quantitative estimate of drug-likeness (QED) is 0.805. The van der Waals surface area contributed by atoms with E-state index in [1.165, 1.54) is 0 Å². The molecule has 0 spiro atoms. The number of pyridine rings is 1. The van der Waals surface area contributed by atoms with Gasteiger partial charge in [0, 0.05) is 11.9 Å². The summed E-state index contributed by atoms with van der Waals surface area (Å²) in [4.78, 5) is 15.5. The predicted octanol–water partition coefficient (Wildman–Crippen LogP) is 2.18. The summed E-state index contributed by atoms with van der Waals surface area (Å²) in [6.07, 6.45) is 1.93. The van der Waals surface area contributed by atoms with Crippen LogP contribution in [0.3, 0.4) is 0 Å². The molecule has 0 fully saturated rings. The van der Waals surface area contributed by atoms with Crippen molar-refractivity contribution in [2.45, 2.75) is 13.3 Å². The van der Waals surface area contributed by atoms with Gasteiger partial charge in [-0.05, 0) is 13.0 Å². The van der Waals surface area contributed by atoms with E-state index in [0.717, 1.165) is 16.6 Å². The number of para-hydroxylation sites is 1. The lowest BCUT2D eigenvalue weighted by molar-refractivity contribution is -0.142. The van der Waals surface area contributed by atoms with Crippen LogP contribution < -0.4 is 11.1 Å². The van der Waals surface area contributed by atoms with E-state index in [1.807, 2.05) is 24.3 Å². The van der Waals surface area contributed by atoms with Crippen molar-refractivity contribution < 1.29 is 9.53 Å². The van der Waals surface area contributed by atoms with Crippen LogP contribution in [-0.2, 0) is 9.53 Å². The van der Waals surface area contributed by atoms with Crippen LogP contribution in [0.2, 0.25) is 0 Å². The van der Waals surface area contributed by atoms with Gasteiger partial charge in [-0.15, -0.1) is 0 Å². The van der Waals surface area contributed by atoms with Crippen LogP contribution in [0.25, 0.3) is 10.9 Å². The molecule has 2 aromatic rings. The maximum atomic E-state index is 11.3. The zero-order chi connectivity index (χ0) is 13.7. The van der Waals surface area contributed by atoms with E-state index in [0.29, 0.717) is 25.3 Å². The molecule has 5 nitrogen and oxygen atoms in total. The van der Waals surface area contributed by atoms with Crippen LogP contribution in [0.4, 0.5) is 11.4 Å². The molecular formula is C14H17N3O2. The number of carbonyl (C=O) groups excluding carboxylic acids is 1. The Morgan fingerprint density at radius 3 is 3.00 bits per heavy atom. The summed E-state index contributed by atoms with van der Waals surface area (Å²) in [5.74, 6) is -0.216. The third-order valence-electron chi connectivity index (χ3n) is 2.74. The molecule has 1 heterocycles. The molecule has 5 heteroatoms. The summed E-state index contributed by atoms with van der Waals surface area (Å²) in [6, 6.07) is 7.73. The fourth-order valence-corrected chi connectivity index (χ4v) is 1.88. The molecule has 0 saturated carbocycles. The van der Waals surface area contributed by atoms with E-state index in [-0.39, 0.29) is 5.97 Å². The van der Waals surface area contributed by atoms with E-state index >= 15 is 0 Å². The first-order chi connectivity index (χ1) is 9.22. The third-order valence-corrected chi connectivity index (χ3v) is 2.74. The molecule has 0 aliphatic carbocycles. The summed E-state index contributed by atoms with van der Waals surface area (Å²) in [7, 11) is 0. The summed E-state index contributed by atoms with van der Waals surface area (Å²) < 4.78 is 4.88. The number of nitrogens with one attached hydrogen (secondary N) is 1. The number of hydrogen-bond donors (Lipinski definition) is 2. The van der Waals surface area contributed by atoms with Crippen LogP contribution in [0.5, 0.6) is 0 Å². The first-order valence-corrected chi connectivity index (χ1v) is 6.25. The number of rotatable bonds is 5. The largest absolute Gasteiger partial charge is 0.466 e. The minimum atomic E-state index is -0.216. The highest BCUT2D eigenvalue weighted by Gasteiger charge is 2.07. The van der Waals surface area contributed by atoms with Gasteiger partial charge >= 0.3 is 5.97 Å². The van der Waals surface area contributed by atoms with Crippen LogP contribution in [-0.4, -0.2) is 24.1 Å². The standard InChI is InChI=1S/C14H17N3O2/c1-2-19-13(18)7-8-16-14-10-5-3-4-6-12(10)17-9-11(14)15/h3-6,9H,2,7-8,15H2,1H3,(H,16,17). The average Bonchev–Trinajstić information content (AvgIpc) is 2.41. The Morgan fingerprint density at radius 1 is 1.42 bits per heavy atom. The van der Waals surface area contributed by atoms with Gasteiger partial charge in [0.15, 0.2) is 0 Å². The monoisotopic (exact) mass is 259 g/mol. The van der Waals surface area contributed by atoms with E-state index in [4.69, 9.17) is 10.5 Å². The SMILES string of the molecule is CCOC(=O)CCNc1c(N)cnc2ccccc12. The molecule has 2 rings (SSSR count). The van der Waals surface area contributed by atoms with Crippen molar-refractivity contribution in [3.63, 3.8) is 0 Å². The van der Waals surface area contributed by atoms with Crippen molar-refractivity contribution in [3.8, 4) is 0 Å². The number of nitrogens with zero attached hydrogens (tertiary/aromatic N) is 1. The Labute approximate surface area is 111 Å². The van der Waals surface area contributed by atoms with Gasteiger partial charge < -0.3 is 15.8 Å². The second-order valence-corrected chi connectivity index (χ2v) is 4.09. The zero-order valence-electron chi connectivity index (χ0n) is 10.8. The highest BCUT2D eigenvalue weighted by molar-refractivity contribution is 5.96. The summed E-state index contributed by atoms with van der Waals surface area (Å²) >= 11 is 0. The van der Waals surface area contributed by atoms with Gasteiger partial charge in [0.05, 0.1) is 36.1 Å². The number of anilines is 2. The Kier molecular flexibility index (Phi) is 4.18. The first kappa shape index (κ1) is 13.1. The molecule has 100 valence electrons. The van der Waals surface area contributed by atoms with E-state index in [9.17, 15) is 4.79 Å². The number of ether oxygens (including phenoxy) is 1. The van der Waals surface area contributed by atoms with E-state index < -0.39 is 0 Å². The van der Waals surface area contributed by atoms with Crippen molar-refractivity contribution in [1.82, 2.24) is 4.98 Å². The third kappa shape index (κ3) is 3.13. The second-order valence-electron chi connectivity index (χ2n) is 4.09. The molecule has 19 heavy (non-hydrogen) atoms. The Balaban J connectivity index is 2.11. The van der Waals surface area contributed by atoms with Gasteiger partial charge in [0.25, 0.3) is 0 Å². The van der Waals surface area contributed by atoms with Crippen molar-refractivity contribution >= 4 is 28.2 Å². The molecule has 0 radical (unpaired) electrons. The van der Waals surface area contributed by atoms with Gasteiger partial charge in [0.2, 0.25) is 0 Å². The number of fused-ring (bicyclic) bond motifs is 1. The zero-order valence-corrected chi connectivity index (χ0v) is 10.8. The molecule has 0 aliphatic heterocycles. The number of esters is 1. The average molecular weight is 259 g/mol. The fraction of sp³-hybridized carbons (Fsp3) is 0.286. The van der Waals surface area contributed by atoms with Gasteiger partial charge in [-0.25, -0.2) is 0 Å². The van der Waals surface area contributed by atoms with Crippen LogP contribution in [0.15, 0.2) is 30.5 Å².